The van der Waals surface area contributed by atoms with Crippen LogP contribution in [0.2, 0.25) is 0 Å². The average molecular weight is 667 g/mol. The second-order valence-electron chi connectivity index (χ2n) is 11.2. The number of rotatable bonds is 10. The summed E-state index contributed by atoms with van der Waals surface area (Å²) in [5.41, 5.74) is 0. The Morgan fingerprint density at radius 1 is 0.378 bits per heavy atom. The number of aliphatic hydroxyl groups excluding tert-OH is 14. The van der Waals surface area contributed by atoms with E-state index in [1.807, 2.05) is 0 Å². The molecule has 0 spiro atoms. The van der Waals surface area contributed by atoms with Crippen LogP contribution >= 0.6 is 0 Å². The van der Waals surface area contributed by atoms with Gasteiger partial charge in [-0.05, 0) is 0 Å². The van der Waals surface area contributed by atoms with Gasteiger partial charge < -0.3 is 105 Å². The molecule has 21 heteroatoms. The van der Waals surface area contributed by atoms with Gasteiger partial charge in [0.25, 0.3) is 0 Å². The van der Waals surface area contributed by atoms with Crippen LogP contribution in [-0.4, -0.2) is 221 Å². The van der Waals surface area contributed by atoms with E-state index in [2.05, 4.69) is 0 Å². The Kier molecular flexibility index (Phi) is 12.8. The van der Waals surface area contributed by atoms with Gasteiger partial charge in [0, 0.05) is 0 Å². The van der Waals surface area contributed by atoms with E-state index < -0.39 is 149 Å². The van der Waals surface area contributed by atoms with Crippen molar-refractivity contribution in [3.05, 3.63) is 0 Å². The maximum atomic E-state index is 10.7. The molecule has 0 aromatic heterocycles. The molecule has 0 aromatic carbocycles. The second-order valence-corrected chi connectivity index (χ2v) is 11.2. The predicted molar refractivity (Wildman–Crippen MR) is 134 cm³/mol. The second kappa shape index (κ2) is 15.6. The van der Waals surface area contributed by atoms with Crippen molar-refractivity contribution >= 4 is 0 Å². The van der Waals surface area contributed by atoms with Crippen LogP contribution in [0.4, 0.5) is 0 Å². The van der Waals surface area contributed by atoms with E-state index in [1.165, 1.54) is 0 Å². The van der Waals surface area contributed by atoms with Crippen LogP contribution < -0.4 is 0 Å². The molecular weight excluding hydrogens is 624 g/mol. The highest BCUT2D eigenvalue weighted by Gasteiger charge is 2.52. The lowest BCUT2D eigenvalue weighted by atomic mass is 9.97. The molecule has 0 aromatic rings. The Morgan fingerprint density at radius 3 is 1.31 bits per heavy atom. The van der Waals surface area contributed by atoms with Crippen molar-refractivity contribution in [2.24, 2.45) is 0 Å². The molecule has 14 N–H and O–H groups in total. The minimum absolute atomic E-state index is 0.634. The van der Waals surface area contributed by atoms with E-state index in [9.17, 15) is 71.5 Å². The molecule has 264 valence electrons. The third-order valence-electron chi connectivity index (χ3n) is 8.17. The first-order valence-corrected chi connectivity index (χ1v) is 14.1. The minimum Gasteiger partial charge on any atom is -0.394 e. The van der Waals surface area contributed by atoms with Crippen LogP contribution in [0.1, 0.15) is 0 Å². The first-order chi connectivity index (χ1) is 21.2. The lowest BCUT2D eigenvalue weighted by Gasteiger charge is -2.46. The molecule has 0 radical (unpaired) electrons. The standard InChI is InChI=1S/C24H42O21/c25-1-5-9(27)13(31)18(36)24(42-5)45-20-6(2-26)43-23(19(37)15(20)33)40-4-8-11(29)14(32)17(35)22(44-8)39-3-7-10(28)12(30)16(34)21(38)41-7/h5-38H,1-4H2/t5-,6-,7-,8-,9-,10+,11+,12+,13+,14+,15-,16-,17-,18-,19-,20+,21-,22-,23-,24-/m1/s1. The molecule has 0 amide bonds. The third kappa shape index (κ3) is 7.75. The lowest BCUT2D eigenvalue weighted by Crippen LogP contribution is -2.65. The molecule has 4 saturated heterocycles. The zero-order valence-electron chi connectivity index (χ0n) is 23.5. The topological polar surface area (TPSA) is 348 Å². The van der Waals surface area contributed by atoms with Crippen molar-refractivity contribution in [3.8, 4) is 0 Å². The maximum absolute atomic E-state index is 10.7. The van der Waals surface area contributed by atoms with Crippen molar-refractivity contribution in [2.75, 3.05) is 26.4 Å². The molecular formula is C24H42O21. The van der Waals surface area contributed by atoms with Crippen LogP contribution in [0, 0.1) is 0 Å². The van der Waals surface area contributed by atoms with E-state index in [0.717, 1.165) is 0 Å². The molecule has 4 aliphatic rings. The summed E-state index contributed by atoms with van der Waals surface area (Å²) >= 11 is 0. The predicted octanol–water partition coefficient (Wildman–Crippen LogP) is -9.75. The molecule has 20 atom stereocenters. The first-order valence-electron chi connectivity index (χ1n) is 14.1. The summed E-state index contributed by atoms with van der Waals surface area (Å²) in [5, 5.41) is 141. The van der Waals surface area contributed by atoms with Crippen molar-refractivity contribution in [3.63, 3.8) is 0 Å². The van der Waals surface area contributed by atoms with E-state index in [-0.39, 0.29) is 0 Å². The summed E-state index contributed by atoms with van der Waals surface area (Å²) < 4.78 is 37.4. The molecule has 0 saturated carbocycles. The van der Waals surface area contributed by atoms with Gasteiger partial charge in [0.1, 0.15) is 97.7 Å². The number of hydrogen-bond donors (Lipinski definition) is 14. The number of aliphatic hydroxyl groups is 14. The van der Waals surface area contributed by atoms with Crippen LogP contribution in [0.3, 0.4) is 0 Å². The van der Waals surface area contributed by atoms with Gasteiger partial charge in [0.15, 0.2) is 25.2 Å². The number of ether oxygens (including phenoxy) is 7. The van der Waals surface area contributed by atoms with Gasteiger partial charge in [0.05, 0.1) is 26.4 Å². The monoisotopic (exact) mass is 666 g/mol. The fraction of sp³-hybridized carbons (Fsp3) is 1.00. The Bertz CT molecular complexity index is 914. The van der Waals surface area contributed by atoms with Gasteiger partial charge >= 0.3 is 0 Å². The Morgan fingerprint density at radius 2 is 0.778 bits per heavy atom. The fourth-order valence-corrected chi connectivity index (χ4v) is 5.33. The average Bonchev–Trinajstić information content (AvgIpc) is 3.03. The van der Waals surface area contributed by atoms with Gasteiger partial charge in [0.2, 0.25) is 0 Å². The van der Waals surface area contributed by atoms with E-state index in [1.54, 1.807) is 0 Å². The maximum Gasteiger partial charge on any atom is 0.187 e. The van der Waals surface area contributed by atoms with Crippen molar-refractivity contribution < 1.29 is 105 Å². The SMILES string of the molecule is OC[C@H]1O[C@H](O[C@@H]2[C@H](O)[C@@H](O)[C@H](OC[C@H]3O[C@@H](OC[C@H]4O[C@@H](O)[C@H](O)[C@@H](O)[C@H]4O)[C@H](O)[C@@H](O)[C@H]3O)O[C@@H]2CO)[C@H](O)[C@@H](O)[C@@H]1O. The summed E-state index contributed by atoms with van der Waals surface area (Å²) in [6.45, 7) is -2.92. The lowest BCUT2D eigenvalue weighted by molar-refractivity contribution is -0.365. The third-order valence-corrected chi connectivity index (χ3v) is 8.17. The Hall–Kier alpha value is -0.840. The van der Waals surface area contributed by atoms with Crippen molar-refractivity contribution in [1.82, 2.24) is 0 Å². The minimum atomic E-state index is -1.91. The van der Waals surface area contributed by atoms with Crippen LogP contribution in [0.5, 0.6) is 0 Å². The van der Waals surface area contributed by atoms with Gasteiger partial charge in [-0.1, -0.05) is 0 Å². The zero-order chi connectivity index (χ0) is 33.3. The molecule has 21 nitrogen and oxygen atoms in total. The summed E-state index contributed by atoms with van der Waals surface area (Å²) in [7, 11) is 0. The summed E-state index contributed by atoms with van der Waals surface area (Å²) in [6, 6.07) is 0. The molecule has 0 aliphatic carbocycles. The van der Waals surface area contributed by atoms with Crippen molar-refractivity contribution in [1.29, 1.82) is 0 Å². The van der Waals surface area contributed by atoms with E-state index in [0.29, 0.717) is 0 Å². The molecule has 4 fully saturated rings. The highest BCUT2D eigenvalue weighted by Crippen LogP contribution is 2.31. The zero-order valence-corrected chi connectivity index (χ0v) is 23.5. The van der Waals surface area contributed by atoms with E-state index >= 15 is 0 Å². The highest BCUT2D eigenvalue weighted by atomic mass is 16.8. The van der Waals surface area contributed by atoms with Gasteiger partial charge in [-0.3, -0.25) is 0 Å². The molecule has 0 bridgehead atoms. The number of hydrogen-bond acceptors (Lipinski definition) is 21. The van der Waals surface area contributed by atoms with Gasteiger partial charge in [-0.25, -0.2) is 0 Å². The highest BCUT2D eigenvalue weighted by molar-refractivity contribution is 4.95. The van der Waals surface area contributed by atoms with Crippen LogP contribution in [0.25, 0.3) is 0 Å². The quantitative estimate of drug-likeness (QED) is 0.103. The summed E-state index contributed by atoms with van der Waals surface area (Å²) in [6.07, 6.45) is -34.3. The molecule has 4 rings (SSSR count). The Labute approximate surface area is 254 Å². The summed E-state index contributed by atoms with van der Waals surface area (Å²) in [5.74, 6) is 0. The van der Waals surface area contributed by atoms with Gasteiger partial charge in [-0.15, -0.1) is 0 Å². The summed E-state index contributed by atoms with van der Waals surface area (Å²) in [4.78, 5) is 0. The molecule has 45 heavy (non-hydrogen) atoms. The van der Waals surface area contributed by atoms with Crippen LogP contribution in [-0.2, 0) is 33.2 Å². The molecule has 0 unspecified atom stereocenters. The Balaban J connectivity index is 1.35. The first kappa shape index (κ1) is 37.0. The fourth-order valence-electron chi connectivity index (χ4n) is 5.33. The van der Waals surface area contributed by atoms with E-state index in [4.69, 9.17) is 33.2 Å². The smallest absolute Gasteiger partial charge is 0.187 e. The molecule has 4 heterocycles. The van der Waals surface area contributed by atoms with Gasteiger partial charge in [-0.2, -0.15) is 0 Å². The normalized spacial score (nSPS) is 52.9. The van der Waals surface area contributed by atoms with Crippen molar-refractivity contribution in [2.45, 2.75) is 123 Å². The van der Waals surface area contributed by atoms with Crippen LogP contribution in [0.15, 0.2) is 0 Å². The largest absolute Gasteiger partial charge is 0.394 e. The molecule has 4 aliphatic heterocycles.